The van der Waals surface area contributed by atoms with Crippen LogP contribution in [-0.2, 0) is 4.79 Å². The molecule has 0 aliphatic carbocycles. The second kappa shape index (κ2) is 9.29. The molecule has 1 heterocycles. The average molecular weight is 421 g/mol. The van der Waals surface area contributed by atoms with Crippen LogP contribution in [0, 0.1) is 11.7 Å². The Kier molecular flexibility index (Phi) is 7.28. The van der Waals surface area contributed by atoms with Crippen LogP contribution in [0.4, 0.5) is 28.0 Å². The number of aliphatic hydroxyl groups excluding tert-OH is 1. The molecular formula is C18H23F4N3O4. The Balaban J connectivity index is 1.83. The highest BCUT2D eigenvalue weighted by Gasteiger charge is 2.32. The van der Waals surface area contributed by atoms with Gasteiger partial charge < -0.3 is 25.4 Å². The predicted molar refractivity (Wildman–Crippen MR) is 95.7 cm³/mol. The number of benzene rings is 1. The van der Waals surface area contributed by atoms with E-state index in [1.807, 2.05) is 0 Å². The summed E-state index contributed by atoms with van der Waals surface area (Å²) in [5.74, 6) is -2.92. The molecule has 3 N–H and O–H groups in total. The number of ether oxygens (including phenoxy) is 1. The van der Waals surface area contributed by atoms with Gasteiger partial charge in [0.05, 0.1) is 12.0 Å². The average Bonchev–Trinajstić information content (AvgIpc) is 2.62. The van der Waals surface area contributed by atoms with Crippen molar-refractivity contribution >= 4 is 17.6 Å². The van der Waals surface area contributed by atoms with Gasteiger partial charge in [-0.2, -0.15) is 0 Å². The van der Waals surface area contributed by atoms with Crippen LogP contribution in [0.5, 0.6) is 5.75 Å². The third-order valence-corrected chi connectivity index (χ3v) is 4.67. The maximum absolute atomic E-state index is 13.7. The second-order valence-electron chi connectivity index (χ2n) is 6.92. The van der Waals surface area contributed by atoms with E-state index >= 15 is 0 Å². The van der Waals surface area contributed by atoms with Crippen molar-refractivity contribution in [1.29, 1.82) is 0 Å². The minimum Gasteiger partial charge on any atom is -0.403 e. The molecule has 29 heavy (non-hydrogen) atoms. The number of amides is 3. The lowest BCUT2D eigenvalue weighted by atomic mass is 10.0. The number of rotatable bonds is 5. The number of carbonyl (C=O) groups excluding carboxylic acids is 2. The van der Waals surface area contributed by atoms with Gasteiger partial charge in [-0.25, -0.2) is 9.18 Å². The third-order valence-electron chi connectivity index (χ3n) is 4.67. The molecule has 0 unspecified atom stereocenters. The highest BCUT2D eigenvalue weighted by Crippen LogP contribution is 2.27. The van der Waals surface area contributed by atoms with E-state index in [0.29, 0.717) is 25.9 Å². The van der Waals surface area contributed by atoms with Crippen molar-refractivity contribution in [2.45, 2.75) is 45.2 Å². The van der Waals surface area contributed by atoms with E-state index in [9.17, 15) is 32.3 Å². The number of hydrogen-bond acceptors (Lipinski definition) is 4. The number of aliphatic hydroxyl groups is 1. The van der Waals surface area contributed by atoms with E-state index in [2.05, 4.69) is 15.4 Å². The first-order valence-electron chi connectivity index (χ1n) is 9.06. The van der Waals surface area contributed by atoms with Crippen molar-refractivity contribution in [3.63, 3.8) is 0 Å². The van der Waals surface area contributed by atoms with E-state index in [1.165, 1.54) is 0 Å². The first-order valence-corrected chi connectivity index (χ1v) is 9.06. The monoisotopic (exact) mass is 421 g/mol. The number of hydrogen-bond donors (Lipinski definition) is 3. The molecule has 1 aromatic carbocycles. The number of alkyl halides is 3. The Morgan fingerprint density at radius 3 is 2.38 bits per heavy atom. The van der Waals surface area contributed by atoms with E-state index in [-0.39, 0.29) is 17.6 Å². The molecule has 0 spiro atoms. The molecule has 0 saturated carbocycles. The van der Waals surface area contributed by atoms with Crippen LogP contribution in [0.3, 0.4) is 0 Å². The van der Waals surface area contributed by atoms with Crippen LogP contribution >= 0.6 is 0 Å². The molecule has 162 valence electrons. The van der Waals surface area contributed by atoms with Crippen LogP contribution in [-0.4, -0.2) is 53.5 Å². The van der Waals surface area contributed by atoms with Crippen molar-refractivity contribution in [3.8, 4) is 5.75 Å². The van der Waals surface area contributed by atoms with Crippen LogP contribution in [0.2, 0.25) is 0 Å². The Morgan fingerprint density at radius 2 is 1.86 bits per heavy atom. The summed E-state index contributed by atoms with van der Waals surface area (Å²) in [6.07, 6.45) is -4.77. The minimum absolute atomic E-state index is 0.0344. The van der Waals surface area contributed by atoms with Crippen molar-refractivity contribution < 1.29 is 37.0 Å². The Bertz CT molecular complexity index is 734. The third kappa shape index (κ3) is 6.77. The normalized spacial score (nSPS) is 17.4. The number of nitrogens with zero attached hydrogens (tertiary/aromatic N) is 1. The number of carbonyl (C=O) groups is 2. The van der Waals surface area contributed by atoms with Crippen molar-refractivity contribution in [3.05, 3.63) is 24.0 Å². The van der Waals surface area contributed by atoms with E-state index in [1.54, 1.807) is 18.7 Å². The van der Waals surface area contributed by atoms with Crippen LogP contribution in [0.1, 0.15) is 26.7 Å². The van der Waals surface area contributed by atoms with E-state index in [4.69, 9.17) is 0 Å². The van der Waals surface area contributed by atoms with Gasteiger partial charge in [0.15, 0.2) is 11.6 Å². The number of likely N-dealkylation sites (tertiary alicyclic amines) is 1. The highest BCUT2D eigenvalue weighted by molar-refractivity contribution is 5.89. The summed E-state index contributed by atoms with van der Waals surface area (Å²) < 4.78 is 53.6. The van der Waals surface area contributed by atoms with Gasteiger partial charge in [-0.05, 0) is 31.9 Å². The largest absolute Gasteiger partial charge is 0.573 e. The molecule has 3 amide bonds. The molecule has 1 fully saturated rings. The van der Waals surface area contributed by atoms with Gasteiger partial charge >= 0.3 is 12.4 Å². The summed E-state index contributed by atoms with van der Waals surface area (Å²) in [7, 11) is 0. The maximum Gasteiger partial charge on any atom is 0.573 e. The van der Waals surface area contributed by atoms with Gasteiger partial charge in [0.2, 0.25) is 5.91 Å². The van der Waals surface area contributed by atoms with Gasteiger partial charge in [-0.1, -0.05) is 6.92 Å². The SMILES string of the molecule is C[C@@H](O)[C@@H](C)C(=O)N1CCC(NC(=O)Nc2ccc(OC(F)(F)F)c(F)c2)CC1. The van der Waals surface area contributed by atoms with Gasteiger partial charge in [0, 0.05) is 30.9 Å². The standard InChI is InChI=1S/C18H23F4N3O4/c1-10(11(2)26)16(27)25-7-5-12(6-8-25)23-17(28)24-13-3-4-15(14(19)9-13)29-18(20,21)22/h3-4,9-12,26H,5-8H2,1-2H3,(H2,23,24,28)/t10-,11-/m1/s1. The molecule has 7 nitrogen and oxygen atoms in total. The lowest BCUT2D eigenvalue weighted by Crippen LogP contribution is -2.49. The van der Waals surface area contributed by atoms with E-state index < -0.39 is 36.0 Å². The van der Waals surface area contributed by atoms with Crippen molar-refractivity contribution in [1.82, 2.24) is 10.2 Å². The molecule has 1 aliphatic rings. The van der Waals surface area contributed by atoms with Crippen molar-refractivity contribution in [2.75, 3.05) is 18.4 Å². The molecule has 1 aliphatic heterocycles. The zero-order valence-corrected chi connectivity index (χ0v) is 15.9. The summed E-state index contributed by atoms with van der Waals surface area (Å²) >= 11 is 0. The summed E-state index contributed by atoms with van der Waals surface area (Å²) in [4.78, 5) is 25.9. The number of urea groups is 1. The van der Waals surface area contributed by atoms with Gasteiger partial charge in [-0.3, -0.25) is 4.79 Å². The molecule has 1 aromatic rings. The smallest absolute Gasteiger partial charge is 0.403 e. The number of halogens is 4. The second-order valence-corrected chi connectivity index (χ2v) is 6.92. The van der Waals surface area contributed by atoms with E-state index in [0.717, 1.165) is 18.2 Å². The molecule has 0 bridgehead atoms. The number of nitrogens with one attached hydrogen (secondary N) is 2. The molecule has 11 heteroatoms. The Hall–Kier alpha value is -2.56. The molecular weight excluding hydrogens is 398 g/mol. The summed E-state index contributed by atoms with van der Waals surface area (Å²) in [5, 5.41) is 14.5. The molecule has 0 radical (unpaired) electrons. The zero-order chi connectivity index (χ0) is 21.8. The Labute approximate surface area is 165 Å². The number of anilines is 1. The topological polar surface area (TPSA) is 90.9 Å². The summed E-state index contributed by atoms with van der Waals surface area (Å²) in [6, 6.07) is 1.71. The van der Waals surface area contributed by atoms with Gasteiger partial charge in [0.1, 0.15) is 0 Å². The first-order chi connectivity index (χ1) is 13.5. The van der Waals surface area contributed by atoms with Crippen LogP contribution < -0.4 is 15.4 Å². The fourth-order valence-corrected chi connectivity index (χ4v) is 2.88. The minimum atomic E-state index is -5.02. The van der Waals surface area contributed by atoms with Gasteiger partial charge in [-0.15, -0.1) is 13.2 Å². The van der Waals surface area contributed by atoms with Gasteiger partial charge in [0.25, 0.3) is 0 Å². The first kappa shape index (κ1) is 22.7. The summed E-state index contributed by atoms with van der Waals surface area (Å²) in [5.41, 5.74) is -0.0344. The molecule has 0 aromatic heterocycles. The van der Waals surface area contributed by atoms with Crippen LogP contribution in [0.25, 0.3) is 0 Å². The molecule has 2 atom stereocenters. The molecule has 2 rings (SSSR count). The quantitative estimate of drug-likeness (QED) is 0.638. The predicted octanol–water partition coefficient (Wildman–Crippen LogP) is 2.85. The van der Waals surface area contributed by atoms with Crippen LogP contribution in [0.15, 0.2) is 18.2 Å². The molecule has 1 saturated heterocycles. The highest BCUT2D eigenvalue weighted by atomic mass is 19.4. The Morgan fingerprint density at radius 1 is 1.24 bits per heavy atom. The fourth-order valence-electron chi connectivity index (χ4n) is 2.88. The lowest BCUT2D eigenvalue weighted by molar-refractivity contribution is -0.275. The number of piperidine rings is 1. The fraction of sp³-hybridized carbons (Fsp3) is 0.556. The summed E-state index contributed by atoms with van der Waals surface area (Å²) in [6.45, 7) is 4.03. The van der Waals surface area contributed by atoms with Crippen molar-refractivity contribution in [2.24, 2.45) is 5.92 Å². The lowest BCUT2D eigenvalue weighted by Gasteiger charge is -2.34. The zero-order valence-electron chi connectivity index (χ0n) is 15.9. The maximum atomic E-state index is 13.7.